The van der Waals surface area contributed by atoms with E-state index in [2.05, 4.69) is 10.3 Å². The Morgan fingerprint density at radius 2 is 1.82 bits per heavy atom. The molecule has 0 saturated carbocycles. The number of aromatic nitrogens is 4. The monoisotopic (exact) mass is 403 g/mol. The van der Waals surface area contributed by atoms with Gasteiger partial charge in [-0.25, -0.2) is 14.3 Å². The lowest BCUT2D eigenvalue weighted by atomic mass is 9.96. The first-order valence-electron chi connectivity index (χ1n) is 8.86. The van der Waals surface area contributed by atoms with Crippen LogP contribution in [0.5, 0.6) is 0 Å². The second-order valence-corrected chi connectivity index (χ2v) is 7.54. The average molecular weight is 404 g/mol. The van der Waals surface area contributed by atoms with Crippen LogP contribution < -0.4 is 16.6 Å². The third-order valence-corrected chi connectivity index (χ3v) is 4.97. The summed E-state index contributed by atoms with van der Waals surface area (Å²) in [6, 6.07) is 6.94. The van der Waals surface area contributed by atoms with E-state index in [0.717, 1.165) is 10.1 Å². The molecule has 0 aliphatic rings. The van der Waals surface area contributed by atoms with E-state index in [1.54, 1.807) is 19.2 Å². The predicted molar refractivity (Wildman–Crippen MR) is 107 cm³/mol. The highest BCUT2D eigenvalue weighted by Crippen LogP contribution is 2.23. The standard InChI is InChI=1S/C19H22ClN5O3/c1-11(2)15(12-5-7-13(20)8-6-12)22-14(26)9-25-18(27)16-17(21-10-23(16)3)24(4)19(25)28/h5-8,10-11,15H,9H2,1-4H3,(H,22,26)/t15-/m0/s1. The van der Waals surface area contributed by atoms with Crippen LogP contribution in [0.3, 0.4) is 0 Å². The van der Waals surface area contributed by atoms with Crippen LogP contribution in [0.1, 0.15) is 25.5 Å². The maximum absolute atomic E-state index is 12.7. The van der Waals surface area contributed by atoms with Crippen molar-refractivity contribution in [3.05, 3.63) is 62.0 Å². The molecule has 0 spiro atoms. The van der Waals surface area contributed by atoms with Crippen molar-refractivity contribution >= 4 is 28.7 Å². The minimum atomic E-state index is -0.584. The number of nitrogens with one attached hydrogen (secondary N) is 1. The number of aryl methyl sites for hydroxylation is 2. The molecule has 148 valence electrons. The lowest BCUT2D eigenvalue weighted by Crippen LogP contribution is -2.44. The van der Waals surface area contributed by atoms with Gasteiger partial charge in [0.25, 0.3) is 5.56 Å². The number of nitrogens with zero attached hydrogens (tertiary/aromatic N) is 4. The average Bonchev–Trinajstić information content (AvgIpc) is 3.04. The Labute approximate surface area is 166 Å². The molecule has 0 aliphatic heterocycles. The van der Waals surface area contributed by atoms with Crippen molar-refractivity contribution in [1.82, 2.24) is 24.0 Å². The molecule has 1 N–H and O–H groups in total. The maximum atomic E-state index is 12.7. The topological polar surface area (TPSA) is 90.9 Å². The van der Waals surface area contributed by atoms with Gasteiger partial charge < -0.3 is 9.88 Å². The lowest BCUT2D eigenvalue weighted by Gasteiger charge is -2.23. The molecule has 8 nitrogen and oxygen atoms in total. The molecule has 0 unspecified atom stereocenters. The van der Waals surface area contributed by atoms with Gasteiger partial charge in [-0.2, -0.15) is 0 Å². The second-order valence-electron chi connectivity index (χ2n) is 7.10. The zero-order valence-electron chi connectivity index (χ0n) is 16.1. The van der Waals surface area contributed by atoms with E-state index in [1.165, 1.54) is 22.5 Å². The summed E-state index contributed by atoms with van der Waals surface area (Å²) in [5.41, 5.74) is 0.332. The molecule has 1 aromatic carbocycles. The molecule has 0 radical (unpaired) electrons. The lowest BCUT2D eigenvalue weighted by molar-refractivity contribution is -0.122. The number of carbonyl (C=O) groups is 1. The van der Waals surface area contributed by atoms with Crippen molar-refractivity contribution in [3.8, 4) is 0 Å². The van der Waals surface area contributed by atoms with Gasteiger partial charge in [-0.1, -0.05) is 37.6 Å². The third-order valence-electron chi connectivity index (χ3n) is 4.72. The molecule has 28 heavy (non-hydrogen) atoms. The Morgan fingerprint density at radius 3 is 2.43 bits per heavy atom. The van der Waals surface area contributed by atoms with Crippen LogP contribution in [0.4, 0.5) is 0 Å². The van der Waals surface area contributed by atoms with Gasteiger partial charge in [-0.3, -0.25) is 14.2 Å². The van der Waals surface area contributed by atoms with Crippen LogP contribution in [0, 0.1) is 5.92 Å². The van der Waals surface area contributed by atoms with E-state index in [9.17, 15) is 14.4 Å². The Bertz CT molecular complexity index is 1140. The summed E-state index contributed by atoms with van der Waals surface area (Å²) < 4.78 is 3.73. The van der Waals surface area contributed by atoms with Gasteiger partial charge in [0.05, 0.1) is 12.4 Å². The van der Waals surface area contributed by atoms with Gasteiger partial charge in [0.15, 0.2) is 11.2 Å². The Hall–Kier alpha value is -2.87. The molecule has 0 saturated heterocycles. The zero-order valence-corrected chi connectivity index (χ0v) is 16.9. The maximum Gasteiger partial charge on any atom is 0.332 e. The molecule has 9 heteroatoms. The van der Waals surface area contributed by atoms with Gasteiger partial charge in [0, 0.05) is 19.1 Å². The van der Waals surface area contributed by atoms with Gasteiger partial charge >= 0.3 is 5.69 Å². The molecule has 1 atom stereocenters. The van der Waals surface area contributed by atoms with Crippen molar-refractivity contribution in [2.24, 2.45) is 20.0 Å². The summed E-state index contributed by atoms with van der Waals surface area (Å²) in [4.78, 5) is 42.1. The minimum absolute atomic E-state index is 0.101. The first-order valence-corrected chi connectivity index (χ1v) is 9.24. The fraction of sp³-hybridized carbons (Fsp3) is 0.368. The van der Waals surface area contributed by atoms with E-state index >= 15 is 0 Å². The number of halogens is 1. The fourth-order valence-corrected chi connectivity index (χ4v) is 3.33. The highest BCUT2D eigenvalue weighted by Gasteiger charge is 2.21. The van der Waals surface area contributed by atoms with Crippen molar-refractivity contribution in [1.29, 1.82) is 0 Å². The molecule has 3 rings (SSSR count). The third kappa shape index (κ3) is 3.60. The number of benzene rings is 1. The molecule has 0 aliphatic carbocycles. The molecule has 2 aromatic heterocycles. The highest BCUT2D eigenvalue weighted by molar-refractivity contribution is 6.30. The van der Waals surface area contributed by atoms with Gasteiger partial charge in [-0.05, 0) is 23.6 Å². The van der Waals surface area contributed by atoms with E-state index in [0.29, 0.717) is 5.02 Å². The summed E-state index contributed by atoms with van der Waals surface area (Å²) in [5, 5.41) is 3.53. The van der Waals surface area contributed by atoms with Crippen LogP contribution in [0.15, 0.2) is 40.2 Å². The predicted octanol–water partition coefficient (Wildman–Crippen LogP) is 1.60. The summed E-state index contributed by atoms with van der Waals surface area (Å²) in [6.45, 7) is 3.59. The quantitative estimate of drug-likeness (QED) is 0.700. The number of carbonyl (C=O) groups excluding carboxylic acids is 1. The normalized spacial score (nSPS) is 12.5. The van der Waals surface area contributed by atoms with E-state index < -0.39 is 17.2 Å². The molecule has 2 heterocycles. The number of rotatable bonds is 5. The SMILES string of the molecule is CC(C)[C@H](NC(=O)Cn1c(=O)c2c(ncn2C)n(C)c1=O)c1ccc(Cl)cc1. The van der Waals surface area contributed by atoms with Crippen molar-refractivity contribution in [3.63, 3.8) is 0 Å². The fourth-order valence-electron chi connectivity index (χ4n) is 3.20. The number of fused-ring (bicyclic) bond motifs is 1. The van der Waals surface area contributed by atoms with Crippen LogP contribution in [0.2, 0.25) is 5.02 Å². The Morgan fingerprint density at radius 1 is 1.18 bits per heavy atom. The Balaban J connectivity index is 1.92. The van der Waals surface area contributed by atoms with Crippen molar-refractivity contribution in [2.75, 3.05) is 0 Å². The van der Waals surface area contributed by atoms with Gasteiger partial charge in [0.1, 0.15) is 6.54 Å². The van der Waals surface area contributed by atoms with E-state index in [4.69, 9.17) is 11.6 Å². The summed E-state index contributed by atoms with van der Waals surface area (Å²) in [6.07, 6.45) is 1.46. The van der Waals surface area contributed by atoms with Gasteiger partial charge in [0.2, 0.25) is 5.91 Å². The van der Waals surface area contributed by atoms with Crippen LogP contribution in [-0.4, -0.2) is 24.6 Å². The largest absolute Gasteiger partial charge is 0.347 e. The molecular formula is C19H22ClN5O3. The van der Waals surface area contributed by atoms with E-state index in [-0.39, 0.29) is 29.7 Å². The Kier molecular flexibility index (Phi) is 5.42. The van der Waals surface area contributed by atoms with Crippen molar-refractivity contribution < 1.29 is 4.79 Å². The van der Waals surface area contributed by atoms with Crippen LogP contribution >= 0.6 is 11.6 Å². The molecule has 0 bridgehead atoms. The first kappa shape index (κ1) is 19.9. The second kappa shape index (κ2) is 7.63. The zero-order chi connectivity index (χ0) is 20.6. The number of imidazole rings is 1. The first-order chi connectivity index (χ1) is 13.2. The molecular weight excluding hydrogens is 382 g/mol. The van der Waals surface area contributed by atoms with E-state index in [1.807, 2.05) is 26.0 Å². The van der Waals surface area contributed by atoms with Gasteiger partial charge in [-0.15, -0.1) is 0 Å². The molecule has 1 amide bonds. The summed E-state index contributed by atoms with van der Waals surface area (Å²) >= 11 is 5.94. The number of hydrogen-bond acceptors (Lipinski definition) is 4. The number of hydrogen-bond donors (Lipinski definition) is 1. The highest BCUT2D eigenvalue weighted by atomic mass is 35.5. The summed E-state index contributed by atoms with van der Waals surface area (Å²) in [5.74, 6) is -0.321. The van der Waals surface area contributed by atoms with Crippen LogP contribution in [0.25, 0.3) is 11.2 Å². The van der Waals surface area contributed by atoms with Crippen molar-refractivity contribution in [2.45, 2.75) is 26.4 Å². The van der Waals surface area contributed by atoms with Crippen LogP contribution in [-0.2, 0) is 25.4 Å². The smallest absolute Gasteiger partial charge is 0.332 e. The molecule has 0 fully saturated rings. The molecule has 3 aromatic rings. The summed E-state index contributed by atoms with van der Waals surface area (Å²) in [7, 11) is 3.19. The minimum Gasteiger partial charge on any atom is -0.347 e. The number of amides is 1.